The van der Waals surface area contributed by atoms with Crippen LogP contribution in [0.4, 0.5) is 0 Å². The van der Waals surface area contributed by atoms with Gasteiger partial charge >= 0.3 is 0 Å². The van der Waals surface area contributed by atoms with Crippen LogP contribution < -0.4 is 5.73 Å². The molecule has 2 fully saturated rings. The normalized spacial score (nSPS) is 22.5. The molecule has 1 unspecified atom stereocenters. The zero-order valence-corrected chi connectivity index (χ0v) is 13.7. The van der Waals surface area contributed by atoms with Crippen LogP contribution in [0.3, 0.4) is 0 Å². The van der Waals surface area contributed by atoms with Crippen molar-refractivity contribution < 1.29 is 4.79 Å². The predicted molar refractivity (Wildman–Crippen MR) is 87.1 cm³/mol. The van der Waals surface area contributed by atoms with Gasteiger partial charge in [0.1, 0.15) is 0 Å². The molecule has 1 aliphatic heterocycles. The van der Waals surface area contributed by atoms with Crippen molar-refractivity contribution in [2.75, 3.05) is 33.2 Å². The molecule has 2 aliphatic rings. The summed E-state index contributed by atoms with van der Waals surface area (Å²) in [5, 5.41) is 0. The number of hydrogen-bond acceptors (Lipinski definition) is 3. The van der Waals surface area contributed by atoms with Crippen molar-refractivity contribution >= 4 is 5.91 Å². The highest BCUT2D eigenvalue weighted by atomic mass is 16.2. The van der Waals surface area contributed by atoms with E-state index in [1.54, 1.807) is 0 Å². The fourth-order valence-corrected chi connectivity index (χ4v) is 3.82. The van der Waals surface area contributed by atoms with Crippen LogP contribution in [0.15, 0.2) is 0 Å². The van der Waals surface area contributed by atoms with Gasteiger partial charge < -0.3 is 15.5 Å². The van der Waals surface area contributed by atoms with Gasteiger partial charge in [-0.2, -0.15) is 0 Å². The third-order valence-electron chi connectivity index (χ3n) is 5.29. The Labute approximate surface area is 130 Å². The Balaban J connectivity index is 1.78. The molecular formula is C17H33N3O. The van der Waals surface area contributed by atoms with Gasteiger partial charge in [0.25, 0.3) is 0 Å². The average Bonchev–Trinajstić information content (AvgIpc) is 2.54. The highest BCUT2D eigenvalue weighted by Gasteiger charge is 2.24. The van der Waals surface area contributed by atoms with Crippen molar-refractivity contribution in [1.29, 1.82) is 0 Å². The number of carbonyl (C=O) groups is 1. The Kier molecular flexibility index (Phi) is 6.97. The van der Waals surface area contributed by atoms with Crippen molar-refractivity contribution in [1.82, 2.24) is 9.80 Å². The Morgan fingerprint density at radius 1 is 1.14 bits per heavy atom. The van der Waals surface area contributed by atoms with E-state index in [2.05, 4.69) is 11.9 Å². The third kappa shape index (κ3) is 5.26. The second kappa shape index (κ2) is 8.74. The van der Waals surface area contributed by atoms with Crippen LogP contribution in [-0.2, 0) is 4.79 Å². The smallest absolute Gasteiger partial charge is 0.224 e. The SMILES string of the molecule is CN(CC1CCCCC1)C(CN)CC(=O)N1CCCCC1. The number of rotatable bonds is 6. The molecule has 1 atom stereocenters. The summed E-state index contributed by atoms with van der Waals surface area (Å²) in [6, 6.07) is 0.210. The molecule has 0 bridgehead atoms. The average molecular weight is 295 g/mol. The second-order valence-electron chi connectivity index (χ2n) is 6.98. The molecular weight excluding hydrogens is 262 g/mol. The Morgan fingerprint density at radius 2 is 1.76 bits per heavy atom. The number of nitrogens with two attached hydrogens (primary N) is 1. The standard InChI is InChI=1S/C17H33N3O/c1-19(14-15-8-4-2-5-9-15)16(13-18)12-17(21)20-10-6-3-7-11-20/h15-16H,2-14,18H2,1H3. The maximum absolute atomic E-state index is 12.4. The fourth-order valence-electron chi connectivity index (χ4n) is 3.82. The van der Waals surface area contributed by atoms with Gasteiger partial charge in [-0.15, -0.1) is 0 Å². The fraction of sp³-hybridized carbons (Fsp3) is 0.941. The van der Waals surface area contributed by atoms with Crippen LogP contribution in [0, 0.1) is 5.92 Å². The predicted octanol–water partition coefficient (Wildman–Crippen LogP) is 2.23. The summed E-state index contributed by atoms with van der Waals surface area (Å²) >= 11 is 0. The first-order chi connectivity index (χ1) is 10.2. The lowest BCUT2D eigenvalue weighted by molar-refractivity contribution is -0.133. The van der Waals surface area contributed by atoms with E-state index in [1.807, 2.05) is 4.90 Å². The van der Waals surface area contributed by atoms with E-state index < -0.39 is 0 Å². The number of piperidine rings is 1. The lowest BCUT2D eigenvalue weighted by Gasteiger charge is -2.34. The molecule has 0 spiro atoms. The van der Waals surface area contributed by atoms with Gasteiger partial charge in [-0.1, -0.05) is 19.3 Å². The Morgan fingerprint density at radius 3 is 2.38 bits per heavy atom. The minimum absolute atomic E-state index is 0.210. The summed E-state index contributed by atoms with van der Waals surface area (Å²) in [4.78, 5) is 16.8. The number of likely N-dealkylation sites (N-methyl/N-ethyl adjacent to an activating group) is 1. The third-order valence-corrected chi connectivity index (χ3v) is 5.29. The molecule has 2 rings (SSSR count). The van der Waals surface area contributed by atoms with Crippen LogP contribution in [0.25, 0.3) is 0 Å². The van der Waals surface area contributed by atoms with E-state index in [-0.39, 0.29) is 6.04 Å². The van der Waals surface area contributed by atoms with Gasteiger partial charge in [-0.25, -0.2) is 0 Å². The summed E-state index contributed by atoms with van der Waals surface area (Å²) in [6.45, 7) is 3.59. The minimum atomic E-state index is 0.210. The van der Waals surface area contributed by atoms with Gasteiger partial charge in [0, 0.05) is 38.6 Å². The molecule has 2 N–H and O–H groups in total. The summed E-state index contributed by atoms with van der Waals surface area (Å²) < 4.78 is 0. The molecule has 122 valence electrons. The maximum Gasteiger partial charge on any atom is 0.224 e. The molecule has 1 heterocycles. The van der Waals surface area contributed by atoms with Crippen LogP contribution in [0.2, 0.25) is 0 Å². The van der Waals surface area contributed by atoms with E-state index in [0.717, 1.165) is 38.4 Å². The Hall–Kier alpha value is -0.610. The topological polar surface area (TPSA) is 49.6 Å². The van der Waals surface area contributed by atoms with Gasteiger partial charge in [0.05, 0.1) is 0 Å². The molecule has 1 saturated carbocycles. The minimum Gasteiger partial charge on any atom is -0.343 e. The molecule has 1 aliphatic carbocycles. The molecule has 0 radical (unpaired) electrons. The summed E-state index contributed by atoms with van der Waals surface area (Å²) in [6.07, 6.45) is 11.0. The summed E-state index contributed by atoms with van der Waals surface area (Å²) in [5.74, 6) is 1.11. The molecule has 21 heavy (non-hydrogen) atoms. The van der Waals surface area contributed by atoms with Crippen molar-refractivity contribution in [2.45, 2.75) is 63.8 Å². The number of carbonyl (C=O) groups excluding carboxylic acids is 1. The highest BCUT2D eigenvalue weighted by molar-refractivity contribution is 5.76. The largest absolute Gasteiger partial charge is 0.343 e. The maximum atomic E-state index is 12.4. The van der Waals surface area contributed by atoms with E-state index in [9.17, 15) is 4.79 Å². The van der Waals surface area contributed by atoms with Crippen molar-refractivity contribution in [3.63, 3.8) is 0 Å². The lowest BCUT2D eigenvalue weighted by Crippen LogP contribution is -2.45. The van der Waals surface area contributed by atoms with E-state index in [1.165, 1.54) is 38.5 Å². The second-order valence-corrected chi connectivity index (χ2v) is 6.98. The molecule has 0 aromatic carbocycles. The first kappa shape index (κ1) is 16.8. The molecule has 0 aromatic heterocycles. The number of nitrogens with zero attached hydrogens (tertiary/aromatic N) is 2. The number of hydrogen-bond donors (Lipinski definition) is 1. The lowest BCUT2D eigenvalue weighted by atomic mass is 9.88. The molecule has 4 nitrogen and oxygen atoms in total. The summed E-state index contributed by atoms with van der Waals surface area (Å²) in [5.41, 5.74) is 5.94. The Bertz CT molecular complexity index is 309. The van der Waals surface area contributed by atoms with E-state index >= 15 is 0 Å². The molecule has 0 aromatic rings. The van der Waals surface area contributed by atoms with Crippen LogP contribution >= 0.6 is 0 Å². The molecule has 1 amide bonds. The number of likely N-dealkylation sites (tertiary alicyclic amines) is 1. The zero-order valence-electron chi connectivity index (χ0n) is 13.7. The zero-order chi connectivity index (χ0) is 15.1. The number of amides is 1. The van der Waals surface area contributed by atoms with Gasteiger partial charge in [0.15, 0.2) is 0 Å². The van der Waals surface area contributed by atoms with Crippen LogP contribution in [0.5, 0.6) is 0 Å². The van der Waals surface area contributed by atoms with Crippen LogP contribution in [0.1, 0.15) is 57.8 Å². The van der Waals surface area contributed by atoms with Crippen LogP contribution in [-0.4, -0.2) is 55.0 Å². The van der Waals surface area contributed by atoms with Crippen molar-refractivity contribution in [3.05, 3.63) is 0 Å². The van der Waals surface area contributed by atoms with E-state index in [4.69, 9.17) is 5.73 Å². The molecule has 4 heteroatoms. The van der Waals surface area contributed by atoms with Gasteiger partial charge in [-0.05, 0) is 45.1 Å². The van der Waals surface area contributed by atoms with Crippen molar-refractivity contribution in [2.24, 2.45) is 11.7 Å². The molecule has 1 saturated heterocycles. The summed E-state index contributed by atoms with van der Waals surface area (Å²) in [7, 11) is 2.15. The van der Waals surface area contributed by atoms with Crippen molar-refractivity contribution in [3.8, 4) is 0 Å². The highest BCUT2D eigenvalue weighted by Crippen LogP contribution is 2.25. The first-order valence-corrected chi connectivity index (χ1v) is 8.88. The quantitative estimate of drug-likeness (QED) is 0.817. The monoisotopic (exact) mass is 295 g/mol. The first-order valence-electron chi connectivity index (χ1n) is 8.88. The van der Waals surface area contributed by atoms with E-state index in [0.29, 0.717) is 18.9 Å². The van der Waals surface area contributed by atoms with Gasteiger partial charge in [0.2, 0.25) is 5.91 Å². The van der Waals surface area contributed by atoms with Gasteiger partial charge in [-0.3, -0.25) is 4.79 Å².